The van der Waals surface area contributed by atoms with Crippen molar-refractivity contribution in [2.75, 3.05) is 26.7 Å². The van der Waals surface area contributed by atoms with Crippen molar-refractivity contribution in [2.24, 2.45) is 0 Å². The van der Waals surface area contributed by atoms with Crippen LogP contribution in [-0.4, -0.2) is 43.6 Å². The van der Waals surface area contributed by atoms with Gasteiger partial charge in [0.05, 0.1) is 0 Å². The smallest absolute Gasteiger partial charge is 0.257 e. The van der Waals surface area contributed by atoms with E-state index < -0.39 is 5.82 Å². The number of benzene rings is 1. The highest BCUT2D eigenvalue weighted by molar-refractivity contribution is 9.10. The van der Waals surface area contributed by atoms with E-state index in [0.29, 0.717) is 17.1 Å². The maximum absolute atomic E-state index is 13.5. The van der Waals surface area contributed by atoms with Gasteiger partial charge in [0.2, 0.25) is 0 Å². The first-order valence-electron chi connectivity index (χ1n) is 6.61. The fourth-order valence-electron chi connectivity index (χ4n) is 2.26. The normalized spacial score (nSPS) is 19.1. The Balaban J connectivity index is 1.74. The number of likely N-dealkylation sites (tertiary alicyclic amines) is 1. The number of hydrogen-bond acceptors (Lipinski definition) is 3. The fourth-order valence-corrected chi connectivity index (χ4v) is 2.59. The fraction of sp³-hybridized carbons (Fsp3) is 0.500. The van der Waals surface area contributed by atoms with E-state index in [1.807, 2.05) is 0 Å². The van der Waals surface area contributed by atoms with Crippen molar-refractivity contribution in [1.29, 1.82) is 0 Å². The molecule has 1 heterocycles. The number of carbonyl (C=O) groups excluding carboxylic acids is 1. The monoisotopic (exact) mass is 344 g/mol. The van der Waals surface area contributed by atoms with E-state index in [0.717, 1.165) is 19.4 Å². The molecular formula is C14H18BrFN2O2. The van der Waals surface area contributed by atoms with Crippen LogP contribution in [0.5, 0.6) is 5.75 Å². The minimum Gasteiger partial charge on any atom is -0.481 e. The van der Waals surface area contributed by atoms with Crippen LogP contribution in [0.25, 0.3) is 0 Å². The molecule has 0 spiro atoms. The van der Waals surface area contributed by atoms with Crippen molar-refractivity contribution in [3.05, 3.63) is 28.5 Å². The summed E-state index contributed by atoms with van der Waals surface area (Å²) in [5.41, 5.74) is 0. The number of ether oxygens (including phenoxy) is 1. The molecule has 0 bridgehead atoms. The second kappa shape index (κ2) is 7.04. The average molecular weight is 345 g/mol. The molecule has 1 aliphatic heterocycles. The van der Waals surface area contributed by atoms with Crippen LogP contribution in [0.1, 0.15) is 12.8 Å². The maximum Gasteiger partial charge on any atom is 0.257 e. The largest absolute Gasteiger partial charge is 0.481 e. The van der Waals surface area contributed by atoms with E-state index in [4.69, 9.17) is 4.74 Å². The van der Waals surface area contributed by atoms with E-state index in [1.165, 1.54) is 12.1 Å². The summed E-state index contributed by atoms with van der Waals surface area (Å²) in [4.78, 5) is 13.9. The lowest BCUT2D eigenvalue weighted by atomic mass is 10.2. The van der Waals surface area contributed by atoms with Crippen molar-refractivity contribution in [1.82, 2.24) is 10.2 Å². The molecule has 1 saturated heterocycles. The van der Waals surface area contributed by atoms with Gasteiger partial charge in [0.25, 0.3) is 5.91 Å². The van der Waals surface area contributed by atoms with Crippen molar-refractivity contribution < 1.29 is 13.9 Å². The highest BCUT2D eigenvalue weighted by atomic mass is 79.9. The van der Waals surface area contributed by atoms with Gasteiger partial charge in [0.1, 0.15) is 0 Å². The van der Waals surface area contributed by atoms with Crippen LogP contribution < -0.4 is 10.1 Å². The van der Waals surface area contributed by atoms with Crippen LogP contribution in [0.15, 0.2) is 22.7 Å². The van der Waals surface area contributed by atoms with Crippen LogP contribution in [0.2, 0.25) is 0 Å². The average Bonchev–Trinajstić information content (AvgIpc) is 2.81. The molecule has 1 atom stereocenters. The van der Waals surface area contributed by atoms with Crippen LogP contribution in [0.4, 0.5) is 4.39 Å². The van der Waals surface area contributed by atoms with Crippen LogP contribution >= 0.6 is 15.9 Å². The molecule has 1 aliphatic rings. The molecule has 0 saturated carbocycles. The Labute approximate surface area is 126 Å². The molecule has 1 fully saturated rings. The van der Waals surface area contributed by atoms with Crippen LogP contribution in [0.3, 0.4) is 0 Å². The van der Waals surface area contributed by atoms with Crippen molar-refractivity contribution >= 4 is 21.8 Å². The third-order valence-corrected chi connectivity index (χ3v) is 3.95. The molecule has 0 aromatic heterocycles. The lowest BCUT2D eigenvalue weighted by molar-refractivity contribution is -0.123. The molecule has 4 nitrogen and oxygen atoms in total. The zero-order valence-electron chi connectivity index (χ0n) is 11.4. The summed E-state index contributed by atoms with van der Waals surface area (Å²) in [6.07, 6.45) is 2.26. The Morgan fingerprint density at radius 3 is 3.05 bits per heavy atom. The van der Waals surface area contributed by atoms with Gasteiger partial charge in [-0.2, -0.15) is 0 Å². The highest BCUT2D eigenvalue weighted by Crippen LogP contribution is 2.21. The molecule has 20 heavy (non-hydrogen) atoms. The molecular weight excluding hydrogens is 327 g/mol. The second-order valence-corrected chi connectivity index (χ2v) is 5.86. The number of carbonyl (C=O) groups is 1. The summed E-state index contributed by atoms with van der Waals surface area (Å²) in [6, 6.07) is 4.87. The summed E-state index contributed by atoms with van der Waals surface area (Å²) in [6.45, 7) is 1.51. The Kier molecular flexibility index (Phi) is 5.37. The Morgan fingerprint density at radius 1 is 1.60 bits per heavy atom. The van der Waals surface area contributed by atoms with Gasteiger partial charge in [-0.1, -0.05) is 15.9 Å². The lowest BCUT2D eigenvalue weighted by Crippen LogP contribution is -2.40. The van der Waals surface area contributed by atoms with E-state index in [9.17, 15) is 9.18 Å². The molecule has 110 valence electrons. The Morgan fingerprint density at radius 2 is 2.40 bits per heavy atom. The molecule has 1 amide bonds. The first-order chi connectivity index (χ1) is 9.56. The number of halogens is 2. The van der Waals surface area contributed by atoms with Gasteiger partial charge in [-0.05, 0) is 44.6 Å². The van der Waals surface area contributed by atoms with Crippen LogP contribution in [0, 0.1) is 5.82 Å². The second-order valence-electron chi connectivity index (χ2n) is 4.94. The van der Waals surface area contributed by atoms with Gasteiger partial charge in [-0.3, -0.25) is 4.79 Å². The number of nitrogens with one attached hydrogen (secondary N) is 1. The van der Waals surface area contributed by atoms with Gasteiger partial charge in [0, 0.05) is 17.1 Å². The van der Waals surface area contributed by atoms with E-state index >= 15 is 0 Å². The van der Waals surface area contributed by atoms with Gasteiger partial charge in [-0.25, -0.2) is 4.39 Å². The van der Waals surface area contributed by atoms with Crippen molar-refractivity contribution in [2.45, 2.75) is 18.9 Å². The number of amides is 1. The number of nitrogens with zero attached hydrogens (tertiary/aromatic N) is 1. The topological polar surface area (TPSA) is 41.6 Å². The molecule has 0 aliphatic carbocycles. The van der Waals surface area contributed by atoms with Crippen molar-refractivity contribution in [3.8, 4) is 5.75 Å². The molecule has 6 heteroatoms. The molecule has 1 aromatic rings. The number of rotatable bonds is 5. The molecule has 2 rings (SSSR count). The lowest BCUT2D eigenvalue weighted by Gasteiger charge is -2.19. The summed E-state index contributed by atoms with van der Waals surface area (Å²) < 4.78 is 19.3. The zero-order chi connectivity index (χ0) is 14.5. The minimum absolute atomic E-state index is 0.0846. The molecule has 0 radical (unpaired) electrons. The highest BCUT2D eigenvalue weighted by Gasteiger charge is 2.21. The molecule has 0 unspecified atom stereocenters. The van der Waals surface area contributed by atoms with E-state index in [1.54, 1.807) is 6.07 Å². The first-order valence-corrected chi connectivity index (χ1v) is 7.40. The molecule has 1 aromatic carbocycles. The van der Waals surface area contributed by atoms with Gasteiger partial charge in [0.15, 0.2) is 18.2 Å². The summed E-state index contributed by atoms with van der Waals surface area (Å²) >= 11 is 3.16. The van der Waals surface area contributed by atoms with E-state index in [-0.39, 0.29) is 18.3 Å². The van der Waals surface area contributed by atoms with E-state index in [2.05, 4.69) is 33.2 Å². The van der Waals surface area contributed by atoms with Gasteiger partial charge < -0.3 is 15.0 Å². The number of likely N-dealkylation sites (N-methyl/N-ethyl adjacent to an activating group) is 1. The van der Waals surface area contributed by atoms with Crippen molar-refractivity contribution in [3.63, 3.8) is 0 Å². The maximum atomic E-state index is 13.5. The molecule has 1 N–H and O–H groups in total. The summed E-state index contributed by atoms with van der Waals surface area (Å²) in [5, 5.41) is 2.82. The Bertz CT molecular complexity index is 484. The third-order valence-electron chi connectivity index (χ3n) is 3.46. The number of hydrogen-bond donors (Lipinski definition) is 1. The van der Waals surface area contributed by atoms with Gasteiger partial charge >= 0.3 is 0 Å². The quantitative estimate of drug-likeness (QED) is 0.890. The van der Waals surface area contributed by atoms with Crippen LogP contribution in [-0.2, 0) is 4.79 Å². The SMILES string of the molecule is CN1CCC[C@H]1CNC(=O)COc1ccc(Br)cc1F. The third kappa shape index (κ3) is 4.18. The Hall–Kier alpha value is -1.14. The summed E-state index contributed by atoms with van der Waals surface area (Å²) in [7, 11) is 2.05. The predicted octanol–water partition coefficient (Wildman–Crippen LogP) is 2.18. The minimum atomic E-state index is -0.484. The predicted molar refractivity (Wildman–Crippen MR) is 78.3 cm³/mol. The first kappa shape index (κ1) is 15.3. The zero-order valence-corrected chi connectivity index (χ0v) is 13.0. The standard InChI is InChI=1S/C14H18BrFN2O2/c1-18-6-2-3-11(18)8-17-14(19)9-20-13-5-4-10(15)7-12(13)16/h4-5,7,11H,2-3,6,8-9H2,1H3,(H,17,19)/t11-/m0/s1. The van der Waals surface area contributed by atoms with Gasteiger partial charge in [-0.15, -0.1) is 0 Å². The summed E-state index contributed by atoms with van der Waals surface area (Å²) in [5.74, 6) is -0.628.